The minimum Gasteiger partial charge on any atom is -0.253 e. The highest BCUT2D eigenvalue weighted by molar-refractivity contribution is 6.00. The molecule has 0 saturated carbocycles. The van der Waals surface area contributed by atoms with Crippen molar-refractivity contribution < 1.29 is 0 Å². The standard InChI is InChI=1S/C14H15N/c1-4-5-6-10-13(3)15-14-11-8-7-9-12(14)2/h4-6,8,10-12H,3H2,1-2H3/b5-4-,10-6-,15-14?. The molecule has 1 aliphatic rings. The SMILES string of the molecule is C=C(/C=C\C=C/C)N=C1C=CC#CC1C. The summed E-state index contributed by atoms with van der Waals surface area (Å²) < 4.78 is 0. The Balaban J connectivity index is 2.69. The van der Waals surface area contributed by atoms with Crippen LogP contribution in [0.1, 0.15) is 13.8 Å². The monoisotopic (exact) mass is 197 g/mol. The van der Waals surface area contributed by atoms with Crippen molar-refractivity contribution in [1.29, 1.82) is 0 Å². The highest BCUT2D eigenvalue weighted by atomic mass is 14.7. The van der Waals surface area contributed by atoms with Crippen LogP contribution in [-0.2, 0) is 0 Å². The molecule has 0 fully saturated rings. The first-order valence-corrected chi connectivity index (χ1v) is 4.98. The maximum Gasteiger partial charge on any atom is 0.0600 e. The zero-order valence-corrected chi connectivity index (χ0v) is 9.20. The quantitative estimate of drug-likeness (QED) is 0.486. The van der Waals surface area contributed by atoms with Gasteiger partial charge in [-0.05, 0) is 32.1 Å². The van der Waals surface area contributed by atoms with Gasteiger partial charge in [-0.1, -0.05) is 36.6 Å². The second-order valence-corrected chi connectivity index (χ2v) is 3.26. The van der Waals surface area contributed by atoms with E-state index in [1.54, 1.807) is 0 Å². The summed E-state index contributed by atoms with van der Waals surface area (Å²) in [6.07, 6.45) is 11.5. The molecular formula is C14H15N. The van der Waals surface area contributed by atoms with Crippen LogP contribution >= 0.6 is 0 Å². The Morgan fingerprint density at radius 3 is 3.00 bits per heavy atom. The molecule has 76 valence electrons. The minimum absolute atomic E-state index is 0.196. The topological polar surface area (TPSA) is 12.4 Å². The van der Waals surface area contributed by atoms with E-state index in [9.17, 15) is 0 Å². The first-order chi connectivity index (χ1) is 7.24. The summed E-state index contributed by atoms with van der Waals surface area (Å²) in [6.45, 7) is 7.88. The molecule has 0 spiro atoms. The fourth-order valence-electron chi connectivity index (χ4n) is 1.13. The van der Waals surface area contributed by atoms with E-state index in [1.165, 1.54) is 0 Å². The molecule has 1 rings (SSSR count). The lowest BCUT2D eigenvalue weighted by Crippen LogP contribution is -2.08. The fourth-order valence-corrected chi connectivity index (χ4v) is 1.13. The summed E-state index contributed by atoms with van der Waals surface area (Å²) in [7, 11) is 0. The summed E-state index contributed by atoms with van der Waals surface area (Å²) in [5, 5.41) is 0. The average molecular weight is 197 g/mol. The molecule has 0 amide bonds. The second-order valence-electron chi connectivity index (χ2n) is 3.26. The number of rotatable bonds is 3. The highest BCUT2D eigenvalue weighted by Crippen LogP contribution is 2.07. The van der Waals surface area contributed by atoms with Gasteiger partial charge in [-0.25, -0.2) is 0 Å². The lowest BCUT2D eigenvalue weighted by Gasteiger charge is -2.06. The predicted molar refractivity (Wildman–Crippen MR) is 66.6 cm³/mol. The molecule has 0 aliphatic heterocycles. The van der Waals surface area contributed by atoms with Crippen LogP contribution in [0.15, 0.2) is 53.7 Å². The molecule has 0 aromatic heterocycles. The van der Waals surface area contributed by atoms with E-state index in [1.807, 2.05) is 50.3 Å². The predicted octanol–water partition coefficient (Wildman–Crippen LogP) is 3.28. The Kier molecular flexibility index (Phi) is 4.37. The van der Waals surface area contributed by atoms with Crippen molar-refractivity contribution in [2.24, 2.45) is 10.9 Å². The second kappa shape index (κ2) is 5.82. The third-order valence-corrected chi connectivity index (χ3v) is 1.95. The third-order valence-electron chi connectivity index (χ3n) is 1.95. The first-order valence-electron chi connectivity index (χ1n) is 4.98. The number of allylic oxidation sites excluding steroid dienone is 6. The lowest BCUT2D eigenvalue weighted by atomic mass is 10.0. The van der Waals surface area contributed by atoms with E-state index < -0.39 is 0 Å². The van der Waals surface area contributed by atoms with Crippen LogP contribution in [-0.4, -0.2) is 5.71 Å². The van der Waals surface area contributed by atoms with Crippen LogP contribution in [0.4, 0.5) is 0 Å². The summed E-state index contributed by atoms with van der Waals surface area (Å²) in [6, 6.07) is 0. The van der Waals surface area contributed by atoms with Crippen molar-refractivity contribution in [3.8, 4) is 11.8 Å². The zero-order chi connectivity index (χ0) is 11.1. The van der Waals surface area contributed by atoms with E-state index in [4.69, 9.17) is 0 Å². The van der Waals surface area contributed by atoms with Crippen molar-refractivity contribution in [2.45, 2.75) is 13.8 Å². The smallest absolute Gasteiger partial charge is 0.0600 e. The zero-order valence-electron chi connectivity index (χ0n) is 9.20. The van der Waals surface area contributed by atoms with Crippen molar-refractivity contribution in [3.05, 3.63) is 48.7 Å². The van der Waals surface area contributed by atoms with Gasteiger partial charge in [-0.3, -0.25) is 4.99 Å². The molecule has 1 atom stereocenters. The lowest BCUT2D eigenvalue weighted by molar-refractivity contribution is 1.04. The fraction of sp³-hybridized carbons (Fsp3) is 0.214. The van der Waals surface area contributed by atoms with E-state index in [-0.39, 0.29) is 5.92 Å². The molecule has 0 heterocycles. The Morgan fingerprint density at radius 1 is 1.53 bits per heavy atom. The summed E-state index contributed by atoms with van der Waals surface area (Å²) in [4.78, 5) is 4.40. The van der Waals surface area contributed by atoms with Gasteiger partial charge in [0, 0.05) is 0 Å². The van der Waals surface area contributed by atoms with Crippen LogP contribution in [0.5, 0.6) is 0 Å². The van der Waals surface area contributed by atoms with Crippen LogP contribution < -0.4 is 0 Å². The van der Waals surface area contributed by atoms with E-state index in [0.29, 0.717) is 0 Å². The van der Waals surface area contributed by atoms with Crippen LogP contribution in [0.2, 0.25) is 0 Å². The van der Waals surface area contributed by atoms with Crippen molar-refractivity contribution in [1.82, 2.24) is 0 Å². The summed E-state index contributed by atoms with van der Waals surface area (Å²) >= 11 is 0. The number of aliphatic imine (C=N–C) groups is 1. The van der Waals surface area contributed by atoms with Gasteiger partial charge >= 0.3 is 0 Å². The largest absolute Gasteiger partial charge is 0.253 e. The van der Waals surface area contributed by atoms with Crippen LogP contribution in [0.25, 0.3) is 0 Å². The van der Waals surface area contributed by atoms with Gasteiger partial charge in [0.15, 0.2) is 0 Å². The number of hydrogen-bond acceptors (Lipinski definition) is 1. The normalized spacial score (nSPS) is 22.3. The molecule has 0 aromatic carbocycles. The molecule has 0 saturated heterocycles. The Morgan fingerprint density at radius 2 is 2.33 bits per heavy atom. The van der Waals surface area contributed by atoms with Gasteiger partial charge in [0.1, 0.15) is 0 Å². The first kappa shape index (κ1) is 11.3. The van der Waals surface area contributed by atoms with Gasteiger partial charge in [0.25, 0.3) is 0 Å². The third kappa shape index (κ3) is 3.83. The summed E-state index contributed by atoms with van der Waals surface area (Å²) in [5.74, 6) is 6.17. The van der Waals surface area contributed by atoms with Crippen LogP contribution in [0, 0.1) is 17.8 Å². The van der Waals surface area contributed by atoms with Gasteiger partial charge in [-0.2, -0.15) is 0 Å². The average Bonchev–Trinajstić information content (AvgIpc) is 2.22. The van der Waals surface area contributed by atoms with E-state index >= 15 is 0 Å². The van der Waals surface area contributed by atoms with Gasteiger partial charge in [0.2, 0.25) is 0 Å². The van der Waals surface area contributed by atoms with Crippen molar-refractivity contribution in [2.75, 3.05) is 0 Å². The molecule has 1 aliphatic carbocycles. The van der Waals surface area contributed by atoms with Crippen molar-refractivity contribution in [3.63, 3.8) is 0 Å². The molecule has 0 radical (unpaired) electrons. The van der Waals surface area contributed by atoms with E-state index in [0.717, 1.165) is 11.4 Å². The number of hydrogen-bond donors (Lipinski definition) is 0. The van der Waals surface area contributed by atoms with Crippen LogP contribution in [0.3, 0.4) is 0 Å². The molecule has 0 aromatic rings. The highest BCUT2D eigenvalue weighted by Gasteiger charge is 2.05. The van der Waals surface area contributed by atoms with Gasteiger partial charge < -0.3 is 0 Å². The Bertz CT molecular complexity index is 408. The van der Waals surface area contributed by atoms with Gasteiger partial charge in [0.05, 0.1) is 17.3 Å². The molecule has 1 heteroatoms. The van der Waals surface area contributed by atoms with E-state index in [2.05, 4.69) is 23.4 Å². The maximum absolute atomic E-state index is 4.40. The van der Waals surface area contributed by atoms with Crippen molar-refractivity contribution >= 4 is 5.71 Å². The molecular weight excluding hydrogens is 182 g/mol. The Hall–Kier alpha value is -1.81. The molecule has 0 bridgehead atoms. The molecule has 1 unspecified atom stereocenters. The Labute approximate surface area is 91.6 Å². The minimum atomic E-state index is 0.196. The maximum atomic E-state index is 4.40. The molecule has 1 nitrogen and oxygen atoms in total. The summed E-state index contributed by atoms with van der Waals surface area (Å²) in [5.41, 5.74) is 1.73. The van der Waals surface area contributed by atoms with Gasteiger partial charge in [-0.15, -0.1) is 0 Å². The number of nitrogens with zero attached hydrogens (tertiary/aromatic N) is 1. The molecule has 15 heavy (non-hydrogen) atoms. The molecule has 0 N–H and O–H groups in total.